The van der Waals surface area contributed by atoms with Crippen LogP contribution in [0.25, 0.3) is 0 Å². The van der Waals surface area contributed by atoms with Gasteiger partial charge in [0.2, 0.25) is 0 Å². The second-order valence-electron chi connectivity index (χ2n) is 5.54. The van der Waals surface area contributed by atoms with E-state index in [1.807, 2.05) is 36.4 Å². The van der Waals surface area contributed by atoms with Crippen LogP contribution >= 0.6 is 0 Å². The minimum atomic E-state index is -0.896. The summed E-state index contributed by atoms with van der Waals surface area (Å²) in [5, 5.41) is 10.3. The van der Waals surface area contributed by atoms with E-state index in [0.717, 1.165) is 4.90 Å². The summed E-state index contributed by atoms with van der Waals surface area (Å²) in [7, 11) is 0. The number of para-hydroxylation sites is 1. The molecule has 1 aliphatic rings. The topological polar surface area (TPSA) is 60.9 Å². The van der Waals surface area contributed by atoms with E-state index >= 15 is 0 Å². The number of amides is 3. The number of rotatable bonds is 4. The van der Waals surface area contributed by atoms with Crippen molar-refractivity contribution in [3.8, 4) is 0 Å². The van der Waals surface area contributed by atoms with Crippen LogP contribution in [0.2, 0.25) is 0 Å². The molecule has 1 heterocycles. The molecule has 3 amide bonds. The molecule has 0 aromatic heterocycles. The molecule has 5 nitrogen and oxygen atoms in total. The molecule has 0 bridgehead atoms. The minimum absolute atomic E-state index is 0.0463. The monoisotopic (exact) mass is 310 g/mol. The Kier molecular flexibility index (Phi) is 4.12. The van der Waals surface area contributed by atoms with Crippen LogP contribution in [0.5, 0.6) is 0 Å². The van der Waals surface area contributed by atoms with Crippen LogP contribution < -0.4 is 4.90 Å². The number of hydrogen-bond donors (Lipinski definition) is 1. The summed E-state index contributed by atoms with van der Waals surface area (Å²) in [4.78, 5) is 27.6. The van der Waals surface area contributed by atoms with Crippen molar-refractivity contribution in [2.24, 2.45) is 0 Å². The molecule has 2 atom stereocenters. The van der Waals surface area contributed by atoms with Gasteiger partial charge in [-0.15, -0.1) is 0 Å². The number of benzene rings is 2. The van der Waals surface area contributed by atoms with Crippen LogP contribution in [-0.4, -0.2) is 34.5 Å². The average molecular weight is 310 g/mol. The summed E-state index contributed by atoms with van der Waals surface area (Å²) in [5.41, 5.74) is 1.36. The molecule has 1 aliphatic heterocycles. The van der Waals surface area contributed by atoms with Crippen molar-refractivity contribution in [3.63, 3.8) is 0 Å². The lowest BCUT2D eigenvalue weighted by Crippen LogP contribution is -2.36. The standard InChI is InChI=1S/C18H18N2O3/c1-13-17(22)19(12-16(21)14-8-4-2-5-9-14)18(23)20(13)15-10-6-3-7-11-15/h2-11,13,16,21H,12H2,1H3/t13-,16-/m0/s1. The summed E-state index contributed by atoms with van der Waals surface area (Å²) in [6, 6.07) is 17.1. The third kappa shape index (κ3) is 2.83. The third-order valence-corrected chi connectivity index (χ3v) is 4.02. The molecule has 0 saturated carbocycles. The Morgan fingerprint density at radius 2 is 1.57 bits per heavy atom. The van der Waals surface area contributed by atoms with Crippen molar-refractivity contribution in [2.45, 2.75) is 19.1 Å². The number of carbonyl (C=O) groups is 2. The smallest absolute Gasteiger partial charge is 0.332 e. The van der Waals surface area contributed by atoms with Gasteiger partial charge in [-0.2, -0.15) is 0 Å². The zero-order valence-electron chi connectivity index (χ0n) is 12.8. The number of imide groups is 1. The van der Waals surface area contributed by atoms with E-state index in [4.69, 9.17) is 0 Å². The Balaban J connectivity index is 1.81. The lowest BCUT2D eigenvalue weighted by atomic mass is 10.1. The van der Waals surface area contributed by atoms with Gasteiger partial charge in [-0.3, -0.25) is 14.6 Å². The number of β-amino-alcohol motifs (C(OH)–C–C–N with tert-alkyl or cyclic N) is 1. The highest BCUT2D eigenvalue weighted by molar-refractivity contribution is 6.14. The highest BCUT2D eigenvalue weighted by atomic mass is 16.3. The van der Waals surface area contributed by atoms with Gasteiger partial charge in [-0.1, -0.05) is 48.5 Å². The fourth-order valence-corrected chi connectivity index (χ4v) is 2.77. The first-order valence-electron chi connectivity index (χ1n) is 7.52. The van der Waals surface area contributed by atoms with Crippen LogP contribution in [-0.2, 0) is 4.79 Å². The Morgan fingerprint density at radius 1 is 1.00 bits per heavy atom. The molecule has 2 aromatic carbocycles. The number of aliphatic hydroxyl groups excluding tert-OH is 1. The van der Waals surface area contributed by atoms with E-state index in [2.05, 4.69) is 0 Å². The first-order valence-corrected chi connectivity index (χ1v) is 7.52. The quantitative estimate of drug-likeness (QED) is 0.883. The molecule has 0 aliphatic carbocycles. The van der Waals surface area contributed by atoms with Crippen molar-refractivity contribution in [3.05, 3.63) is 66.2 Å². The van der Waals surface area contributed by atoms with Gasteiger partial charge in [0.25, 0.3) is 5.91 Å². The van der Waals surface area contributed by atoms with Crippen molar-refractivity contribution >= 4 is 17.6 Å². The Hall–Kier alpha value is -2.66. The van der Waals surface area contributed by atoms with E-state index in [1.54, 1.807) is 31.2 Å². The summed E-state index contributed by atoms with van der Waals surface area (Å²) in [5.74, 6) is -0.297. The first kappa shape index (κ1) is 15.2. The van der Waals surface area contributed by atoms with E-state index < -0.39 is 18.2 Å². The van der Waals surface area contributed by atoms with Gasteiger partial charge >= 0.3 is 6.03 Å². The Labute approximate surface area is 134 Å². The molecule has 0 radical (unpaired) electrons. The number of anilines is 1. The molecule has 1 N–H and O–H groups in total. The lowest BCUT2D eigenvalue weighted by Gasteiger charge is -2.20. The molecular weight excluding hydrogens is 292 g/mol. The largest absolute Gasteiger partial charge is 0.387 e. The fraction of sp³-hybridized carbons (Fsp3) is 0.222. The van der Waals surface area contributed by atoms with E-state index in [-0.39, 0.29) is 12.5 Å². The number of carbonyl (C=O) groups excluding carboxylic acids is 2. The Bertz CT molecular complexity index is 703. The number of aliphatic hydroxyl groups is 1. The third-order valence-electron chi connectivity index (χ3n) is 4.02. The van der Waals surface area contributed by atoms with Crippen molar-refractivity contribution in [1.29, 1.82) is 0 Å². The van der Waals surface area contributed by atoms with Gasteiger partial charge in [0.05, 0.1) is 12.6 Å². The first-order chi connectivity index (χ1) is 11.1. The van der Waals surface area contributed by atoms with Crippen molar-refractivity contribution < 1.29 is 14.7 Å². The second-order valence-corrected chi connectivity index (χ2v) is 5.54. The van der Waals surface area contributed by atoms with Crippen LogP contribution in [0.4, 0.5) is 10.5 Å². The van der Waals surface area contributed by atoms with Crippen molar-refractivity contribution in [2.75, 3.05) is 11.4 Å². The summed E-state index contributed by atoms with van der Waals surface area (Å²) >= 11 is 0. The fourth-order valence-electron chi connectivity index (χ4n) is 2.77. The van der Waals surface area contributed by atoms with Gasteiger partial charge in [-0.05, 0) is 24.6 Å². The molecule has 118 valence electrons. The number of nitrogens with zero attached hydrogens (tertiary/aromatic N) is 2. The van der Waals surface area contributed by atoms with Crippen LogP contribution in [0.3, 0.4) is 0 Å². The van der Waals surface area contributed by atoms with E-state index in [1.165, 1.54) is 4.90 Å². The van der Waals surface area contributed by atoms with Crippen LogP contribution in [0.15, 0.2) is 60.7 Å². The number of urea groups is 1. The maximum atomic E-state index is 12.6. The predicted octanol–water partition coefficient (Wildman–Crippen LogP) is 2.58. The second kappa shape index (κ2) is 6.22. The molecule has 1 fully saturated rings. The van der Waals surface area contributed by atoms with E-state index in [9.17, 15) is 14.7 Å². The van der Waals surface area contributed by atoms with Crippen LogP contribution in [0, 0.1) is 0 Å². The van der Waals surface area contributed by atoms with Crippen LogP contribution in [0.1, 0.15) is 18.6 Å². The zero-order valence-corrected chi connectivity index (χ0v) is 12.8. The minimum Gasteiger partial charge on any atom is -0.387 e. The summed E-state index contributed by atoms with van der Waals surface area (Å²) in [6.45, 7) is 1.65. The molecule has 0 unspecified atom stereocenters. The highest BCUT2D eigenvalue weighted by Gasteiger charge is 2.43. The molecule has 3 rings (SSSR count). The summed E-state index contributed by atoms with van der Waals surface area (Å²) in [6.07, 6.45) is -0.896. The average Bonchev–Trinajstić information content (AvgIpc) is 2.80. The summed E-state index contributed by atoms with van der Waals surface area (Å²) < 4.78 is 0. The molecule has 2 aromatic rings. The van der Waals surface area contributed by atoms with Crippen molar-refractivity contribution in [1.82, 2.24) is 4.90 Å². The predicted molar refractivity (Wildman–Crippen MR) is 86.9 cm³/mol. The maximum absolute atomic E-state index is 12.6. The van der Waals surface area contributed by atoms with Gasteiger partial charge in [0.1, 0.15) is 6.04 Å². The molecule has 0 spiro atoms. The highest BCUT2D eigenvalue weighted by Crippen LogP contribution is 2.27. The molecule has 23 heavy (non-hydrogen) atoms. The van der Waals surface area contributed by atoms with E-state index in [0.29, 0.717) is 11.3 Å². The maximum Gasteiger partial charge on any atom is 0.332 e. The molecular formula is C18H18N2O3. The van der Waals surface area contributed by atoms with Gasteiger partial charge < -0.3 is 5.11 Å². The lowest BCUT2D eigenvalue weighted by molar-refractivity contribution is -0.127. The van der Waals surface area contributed by atoms with Gasteiger partial charge in [-0.25, -0.2) is 4.79 Å². The van der Waals surface area contributed by atoms with Gasteiger partial charge in [0, 0.05) is 5.69 Å². The van der Waals surface area contributed by atoms with Gasteiger partial charge in [0.15, 0.2) is 0 Å². The number of hydrogen-bond acceptors (Lipinski definition) is 3. The zero-order chi connectivity index (χ0) is 16.4. The Morgan fingerprint density at radius 3 is 2.17 bits per heavy atom. The normalized spacial score (nSPS) is 19.3. The molecule has 1 saturated heterocycles. The molecule has 5 heteroatoms. The SMILES string of the molecule is C[C@H]1C(=O)N(C[C@H](O)c2ccccc2)C(=O)N1c1ccccc1.